The van der Waals surface area contributed by atoms with Gasteiger partial charge in [-0.2, -0.15) is 0 Å². The van der Waals surface area contributed by atoms with E-state index in [1.807, 2.05) is 18.4 Å². The highest BCUT2D eigenvalue weighted by Gasteiger charge is 2.20. The highest BCUT2D eigenvalue weighted by molar-refractivity contribution is 8.00. The topological polar surface area (TPSA) is 81.2 Å². The number of thioether (sulfide) groups is 1. The molecule has 2 aromatic heterocycles. The molecule has 0 aromatic carbocycles. The lowest BCUT2D eigenvalue weighted by Gasteiger charge is -2.12. The lowest BCUT2D eigenvalue weighted by Crippen LogP contribution is -2.19. The largest absolute Gasteiger partial charge is 0.465 e. The van der Waals surface area contributed by atoms with Gasteiger partial charge in [-0.25, -0.2) is 0 Å². The Balaban J connectivity index is 1.96. The molecular formula is C15H17N3O3S2. The van der Waals surface area contributed by atoms with Crippen molar-refractivity contribution in [1.82, 2.24) is 10.2 Å². The molecule has 122 valence electrons. The predicted molar refractivity (Wildman–Crippen MR) is 90.9 cm³/mol. The minimum absolute atomic E-state index is 0.215. The smallest absolute Gasteiger partial charge is 0.319 e. The van der Waals surface area contributed by atoms with E-state index >= 15 is 0 Å². The van der Waals surface area contributed by atoms with Crippen LogP contribution in [0.1, 0.15) is 29.9 Å². The van der Waals surface area contributed by atoms with Gasteiger partial charge in [0.05, 0.1) is 11.5 Å². The zero-order valence-electron chi connectivity index (χ0n) is 12.8. The first-order chi connectivity index (χ1) is 11.1. The fourth-order valence-electron chi connectivity index (χ4n) is 1.71. The molecule has 0 fully saturated rings. The van der Waals surface area contributed by atoms with Gasteiger partial charge >= 0.3 is 5.97 Å². The summed E-state index contributed by atoms with van der Waals surface area (Å²) in [7, 11) is 0. The van der Waals surface area contributed by atoms with Crippen molar-refractivity contribution in [1.29, 1.82) is 0 Å². The second-order valence-corrected chi connectivity index (χ2v) is 6.63. The molecule has 23 heavy (non-hydrogen) atoms. The van der Waals surface area contributed by atoms with Crippen LogP contribution in [0, 0.1) is 0 Å². The molecule has 0 radical (unpaired) electrons. The van der Waals surface area contributed by atoms with Gasteiger partial charge in [0.15, 0.2) is 5.82 Å². The van der Waals surface area contributed by atoms with Gasteiger partial charge in [0.2, 0.25) is 0 Å². The summed E-state index contributed by atoms with van der Waals surface area (Å²) < 4.78 is 5.02. The number of rotatable bonds is 7. The normalized spacial score (nSPS) is 11.7. The maximum Gasteiger partial charge on any atom is 0.319 e. The molecule has 0 aliphatic carbocycles. The first-order valence-electron chi connectivity index (χ1n) is 7.16. The third-order valence-electron chi connectivity index (χ3n) is 2.81. The van der Waals surface area contributed by atoms with Crippen LogP contribution in [-0.2, 0) is 9.53 Å². The maximum atomic E-state index is 11.9. The number of carbonyl (C=O) groups is 2. The summed E-state index contributed by atoms with van der Waals surface area (Å²) >= 11 is 2.66. The molecule has 1 unspecified atom stereocenters. The van der Waals surface area contributed by atoms with E-state index in [9.17, 15) is 9.59 Å². The molecule has 1 atom stereocenters. The van der Waals surface area contributed by atoms with E-state index in [2.05, 4.69) is 15.5 Å². The van der Waals surface area contributed by atoms with Crippen LogP contribution < -0.4 is 5.32 Å². The van der Waals surface area contributed by atoms with E-state index in [1.54, 1.807) is 25.1 Å². The van der Waals surface area contributed by atoms with Crippen molar-refractivity contribution in [2.75, 3.05) is 11.9 Å². The fraction of sp³-hybridized carbons (Fsp3) is 0.333. The van der Waals surface area contributed by atoms with Crippen molar-refractivity contribution in [2.24, 2.45) is 0 Å². The average Bonchev–Trinajstić information content (AvgIpc) is 3.09. The number of anilines is 1. The number of esters is 1. The van der Waals surface area contributed by atoms with Crippen LogP contribution in [0.15, 0.2) is 34.7 Å². The summed E-state index contributed by atoms with van der Waals surface area (Å²) in [6.45, 7) is 4.05. The average molecular weight is 351 g/mol. The van der Waals surface area contributed by atoms with Crippen molar-refractivity contribution in [3.8, 4) is 0 Å². The number of amides is 1. The monoisotopic (exact) mass is 351 g/mol. The number of thiophene rings is 1. The minimum atomic E-state index is -0.309. The second-order valence-electron chi connectivity index (χ2n) is 4.46. The summed E-state index contributed by atoms with van der Waals surface area (Å²) in [4.78, 5) is 24.3. The van der Waals surface area contributed by atoms with E-state index in [0.717, 1.165) is 0 Å². The highest BCUT2D eigenvalue weighted by Crippen LogP contribution is 2.24. The van der Waals surface area contributed by atoms with Crippen LogP contribution in [0.2, 0.25) is 0 Å². The van der Waals surface area contributed by atoms with E-state index < -0.39 is 0 Å². The predicted octanol–water partition coefficient (Wildman–Crippen LogP) is 3.22. The molecular weight excluding hydrogens is 334 g/mol. The summed E-state index contributed by atoms with van der Waals surface area (Å²) in [5.41, 5.74) is 0. The standard InChI is InChI=1S/C15H17N3O3S2/c1-3-10(15(20)21-4-2)23-13-8-7-12(17-18-13)16-14(19)11-6-5-9-22-11/h5-10H,3-4H2,1-2H3,(H,16,17,19). The first-order valence-corrected chi connectivity index (χ1v) is 8.91. The molecule has 2 rings (SSSR count). The second kappa shape index (κ2) is 8.64. The Morgan fingerprint density at radius 1 is 1.30 bits per heavy atom. The van der Waals surface area contributed by atoms with Crippen molar-refractivity contribution in [3.05, 3.63) is 34.5 Å². The molecule has 1 amide bonds. The summed E-state index contributed by atoms with van der Waals surface area (Å²) in [6.07, 6.45) is 0.641. The maximum absolute atomic E-state index is 11.9. The van der Waals surface area contributed by atoms with Crippen molar-refractivity contribution in [3.63, 3.8) is 0 Å². The number of ether oxygens (including phenoxy) is 1. The van der Waals surface area contributed by atoms with Gasteiger partial charge in [0.1, 0.15) is 10.3 Å². The molecule has 0 spiro atoms. The molecule has 8 heteroatoms. The van der Waals surface area contributed by atoms with Crippen LogP contribution in [-0.4, -0.2) is 33.9 Å². The lowest BCUT2D eigenvalue weighted by molar-refractivity contribution is -0.142. The molecule has 0 aliphatic rings. The molecule has 6 nitrogen and oxygen atoms in total. The van der Waals surface area contributed by atoms with Gasteiger partial charge < -0.3 is 10.1 Å². The number of aromatic nitrogens is 2. The quantitative estimate of drug-likeness (QED) is 0.609. The Kier molecular flexibility index (Phi) is 6.54. The number of nitrogens with one attached hydrogen (secondary N) is 1. The van der Waals surface area contributed by atoms with Gasteiger partial charge in [-0.1, -0.05) is 24.8 Å². The van der Waals surface area contributed by atoms with Crippen molar-refractivity contribution >= 4 is 40.8 Å². The number of carbonyl (C=O) groups excluding carboxylic acids is 2. The van der Waals surface area contributed by atoms with Crippen LogP contribution in [0.5, 0.6) is 0 Å². The first kappa shape index (κ1) is 17.4. The third-order valence-corrected chi connectivity index (χ3v) is 4.95. The number of nitrogens with zero attached hydrogens (tertiary/aromatic N) is 2. The minimum Gasteiger partial charge on any atom is -0.465 e. The van der Waals surface area contributed by atoms with Crippen LogP contribution >= 0.6 is 23.1 Å². The Morgan fingerprint density at radius 3 is 2.70 bits per heavy atom. The van der Waals surface area contributed by atoms with Gasteiger partial charge in [-0.05, 0) is 36.9 Å². The molecule has 2 aromatic rings. The fourth-order valence-corrected chi connectivity index (χ4v) is 3.19. The van der Waals surface area contributed by atoms with Crippen LogP contribution in [0.25, 0.3) is 0 Å². The SMILES string of the molecule is CCOC(=O)C(CC)Sc1ccc(NC(=O)c2cccs2)nn1. The zero-order valence-corrected chi connectivity index (χ0v) is 14.4. The summed E-state index contributed by atoms with van der Waals surface area (Å²) in [6, 6.07) is 6.94. The van der Waals surface area contributed by atoms with E-state index in [4.69, 9.17) is 4.74 Å². The van der Waals surface area contributed by atoms with Crippen molar-refractivity contribution < 1.29 is 14.3 Å². The van der Waals surface area contributed by atoms with Crippen LogP contribution in [0.3, 0.4) is 0 Å². The highest BCUT2D eigenvalue weighted by atomic mass is 32.2. The van der Waals surface area contributed by atoms with Gasteiger partial charge in [0.25, 0.3) is 5.91 Å². The summed E-state index contributed by atoms with van der Waals surface area (Å²) in [5.74, 6) is -0.0959. The van der Waals surface area contributed by atoms with Crippen LogP contribution in [0.4, 0.5) is 5.82 Å². The lowest BCUT2D eigenvalue weighted by atomic mass is 10.3. The molecule has 0 aliphatic heterocycles. The van der Waals surface area contributed by atoms with Gasteiger partial charge in [-0.15, -0.1) is 21.5 Å². The van der Waals surface area contributed by atoms with E-state index in [1.165, 1.54) is 23.1 Å². The molecule has 1 N–H and O–H groups in total. The van der Waals surface area contributed by atoms with E-state index in [-0.39, 0.29) is 17.1 Å². The third kappa shape index (κ3) is 5.04. The van der Waals surface area contributed by atoms with Gasteiger partial charge in [0, 0.05) is 0 Å². The van der Waals surface area contributed by atoms with E-state index in [0.29, 0.717) is 28.7 Å². The molecule has 2 heterocycles. The molecule has 0 saturated carbocycles. The Labute approximate surface area is 142 Å². The number of hydrogen-bond donors (Lipinski definition) is 1. The molecule has 0 bridgehead atoms. The molecule has 0 saturated heterocycles. The van der Waals surface area contributed by atoms with Gasteiger partial charge in [-0.3, -0.25) is 9.59 Å². The Bertz CT molecular complexity index is 644. The zero-order chi connectivity index (χ0) is 16.7. The Hall–Kier alpha value is -1.93. The Morgan fingerprint density at radius 2 is 2.13 bits per heavy atom. The van der Waals surface area contributed by atoms with Crippen molar-refractivity contribution in [2.45, 2.75) is 30.5 Å². The summed E-state index contributed by atoms with van der Waals surface area (Å²) in [5, 5.41) is 12.8. The number of hydrogen-bond acceptors (Lipinski definition) is 7.